The molecule has 2 rings (SSSR count). The number of halogens is 2. The van der Waals surface area contributed by atoms with E-state index in [2.05, 4.69) is 10.4 Å². The summed E-state index contributed by atoms with van der Waals surface area (Å²) in [6.45, 7) is 6.60. The monoisotopic (exact) mass is 367 g/mol. The standard InChI is InChI=1S/C18H23F2N3O3/c1-4-25-15-7-6-13(9-16(15)26-5-2)10-21-17(24)11-23-12(3)8-14(22-23)18(19)20/h6-9,18H,4-5,10-11H2,1-3H3,(H,21,24). The topological polar surface area (TPSA) is 65.4 Å². The van der Waals surface area contributed by atoms with E-state index in [0.717, 1.165) is 5.56 Å². The lowest BCUT2D eigenvalue weighted by atomic mass is 10.2. The predicted octanol–water partition coefficient (Wildman–Crippen LogP) is 3.24. The normalized spacial score (nSPS) is 10.8. The third-order valence-corrected chi connectivity index (χ3v) is 3.61. The molecule has 0 spiro atoms. The largest absolute Gasteiger partial charge is 0.490 e. The van der Waals surface area contributed by atoms with Crippen LogP contribution in [0.4, 0.5) is 8.78 Å². The van der Waals surface area contributed by atoms with Crippen LogP contribution >= 0.6 is 0 Å². The fourth-order valence-electron chi connectivity index (χ4n) is 2.40. The zero-order valence-corrected chi connectivity index (χ0v) is 15.1. The number of rotatable bonds is 9. The highest BCUT2D eigenvalue weighted by Crippen LogP contribution is 2.28. The van der Waals surface area contributed by atoms with E-state index in [-0.39, 0.29) is 24.7 Å². The maximum absolute atomic E-state index is 12.7. The molecule has 26 heavy (non-hydrogen) atoms. The minimum Gasteiger partial charge on any atom is -0.490 e. The van der Waals surface area contributed by atoms with Crippen LogP contribution in [0.2, 0.25) is 0 Å². The van der Waals surface area contributed by atoms with E-state index in [1.807, 2.05) is 26.0 Å². The van der Waals surface area contributed by atoms with Gasteiger partial charge in [0.25, 0.3) is 6.43 Å². The van der Waals surface area contributed by atoms with Gasteiger partial charge in [-0.3, -0.25) is 9.48 Å². The third kappa shape index (κ3) is 5.18. The van der Waals surface area contributed by atoms with Crippen molar-refractivity contribution >= 4 is 5.91 Å². The Morgan fingerprint density at radius 3 is 2.50 bits per heavy atom. The Balaban J connectivity index is 1.97. The molecule has 1 N–H and O–H groups in total. The Morgan fingerprint density at radius 2 is 1.88 bits per heavy atom. The summed E-state index contributed by atoms with van der Waals surface area (Å²) in [5.74, 6) is 0.950. The van der Waals surface area contributed by atoms with Crippen molar-refractivity contribution in [1.82, 2.24) is 15.1 Å². The molecule has 0 aliphatic carbocycles. The molecule has 2 aromatic rings. The molecule has 1 aromatic carbocycles. The second kappa shape index (κ2) is 9.17. The molecule has 0 fully saturated rings. The van der Waals surface area contributed by atoms with Gasteiger partial charge in [-0.1, -0.05) is 6.07 Å². The van der Waals surface area contributed by atoms with Crippen molar-refractivity contribution in [3.8, 4) is 11.5 Å². The smallest absolute Gasteiger partial charge is 0.282 e. The highest BCUT2D eigenvalue weighted by Gasteiger charge is 2.15. The number of nitrogens with one attached hydrogen (secondary N) is 1. The SMILES string of the molecule is CCOc1ccc(CNC(=O)Cn2nc(C(F)F)cc2C)cc1OCC. The van der Waals surface area contributed by atoms with Crippen LogP contribution in [0.25, 0.3) is 0 Å². The minimum atomic E-state index is -2.65. The van der Waals surface area contributed by atoms with E-state index < -0.39 is 6.43 Å². The Hall–Kier alpha value is -2.64. The summed E-state index contributed by atoms with van der Waals surface area (Å²) < 4.78 is 37.6. The minimum absolute atomic E-state index is 0.117. The summed E-state index contributed by atoms with van der Waals surface area (Å²) in [7, 11) is 0. The molecule has 0 unspecified atom stereocenters. The second-order valence-electron chi connectivity index (χ2n) is 5.59. The van der Waals surface area contributed by atoms with Gasteiger partial charge in [0, 0.05) is 12.2 Å². The van der Waals surface area contributed by atoms with Gasteiger partial charge < -0.3 is 14.8 Å². The quantitative estimate of drug-likeness (QED) is 0.739. The molecule has 1 heterocycles. The number of hydrogen-bond acceptors (Lipinski definition) is 4. The fourth-order valence-corrected chi connectivity index (χ4v) is 2.40. The Labute approximate surface area is 151 Å². The highest BCUT2D eigenvalue weighted by molar-refractivity contribution is 5.75. The average Bonchev–Trinajstić information content (AvgIpc) is 2.96. The lowest BCUT2D eigenvalue weighted by Gasteiger charge is -2.13. The van der Waals surface area contributed by atoms with E-state index in [1.165, 1.54) is 10.7 Å². The number of ether oxygens (including phenoxy) is 2. The van der Waals surface area contributed by atoms with Crippen molar-refractivity contribution in [3.63, 3.8) is 0 Å². The number of hydrogen-bond donors (Lipinski definition) is 1. The molecule has 0 bridgehead atoms. The fraction of sp³-hybridized carbons (Fsp3) is 0.444. The van der Waals surface area contributed by atoms with Crippen molar-refractivity contribution in [2.45, 2.75) is 40.3 Å². The first-order valence-electron chi connectivity index (χ1n) is 8.42. The molecule has 0 atom stereocenters. The van der Waals surface area contributed by atoms with Gasteiger partial charge in [0.05, 0.1) is 13.2 Å². The van der Waals surface area contributed by atoms with Crippen LogP contribution in [0.5, 0.6) is 11.5 Å². The lowest BCUT2D eigenvalue weighted by Crippen LogP contribution is -2.28. The zero-order valence-electron chi connectivity index (χ0n) is 15.1. The van der Waals surface area contributed by atoms with E-state index in [0.29, 0.717) is 30.4 Å². The number of benzene rings is 1. The average molecular weight is 367 g/mol. The van der Waals surface area contributed by atoms with Crippen LogP contribution in [-0.4, -0.2) is 28.9 Å². The predicted molar refractivity (Wildman–Crippen MR) is 92.5 cm³/mol. The van der Waals surface area contributed by atoms with Crippen molar-refractivity contribution in [2.75, 3.05) is 13.2 Å². The Morgan fingerprint density at radius 1 is 1.19 bits per heavy atom. The number of aromatic nitrogens is 2. The molecule has 1 amide bonds. The maximum Gasteiger partial charge on any atom is 0.282 e. The first kappa shape index (κ1) is 19.7. The molecule has 6 nitrogen and oxygen atoms in total. The van der Waals surface area contributed by atoms with Gasteiger partial charge in [0.15, 0.2) is 11.5 Å². The molecule has 8 heteroatoms. The molecule has 0 aliphatic rings. The maximum atomic E-state index is 12.7. The van der Waals surface area contributed by atoms with Gasteiger partial charge in [-0.2, -0.15) is 5.10 Å². The summed E-state index contributed by atoms with van der Waals surface area (Å²) in [6, 6.07) is 6.71. The highest BCUT2D eigenvalue weighted by atomic mass is 19.3. The first-order valence-corrected chi connectivity index (χ1v) is 8.42. The molecule has 0 aliphatic heterocycles. The number of amides is 1. The number of alkyl halides is 2. The van der Waals surface area contributed by atoms with Gasteiger partial charge in [0.1, 0.15) is 12.2 Å². The van der Waals surface area contributed by atoms with Crippen molar-refractivity contribution in [3.05, 3.63) is 41.2 Å². The zero-order chi connectivity index (χ0) is 19.1. The van der Waals surface area contributed by atoms with Crippen LogP contribution in [0.15, 0.2) is 24.3 Å². The van der Waals surface area contributed by atoms with Gasteiger partial charge in [0.2, 0.25) is 5.91 Å². The Bertz CT molecular complexity index is 747. The summed E-state index contributed by atoms with van der Waals surface area (Å²) in [5, 5.41) is 6.49. The molecular formula is C18H23F2N3O3. The van der Waals surface area contributed by atoms with Crippen molar-refractivity contribution < 1.29 is 23.0 Å². The summed E-state index contributed by atoms with van der Waals surface area (Å²) in [6.07, 6.45) is -2.65. The van der Waals surface area contributed by atoms with E-state index >= 15 is 0 Å². The molecule has 0 saturated heterocycles. The van der Waals surface area contributed by atoms with E-state index in [4.69, 9.17) is 9.47 Å². The van der Waals surface area contributed by atoms with Gasteiger partial charge in [-0.25, -0.2) is 8.78 Å². The molecule has 1 aromatic heterocycles. The van der Waals surface area contributed by atoms with Crippen LogP contribution in [-0.2, 0) is 17.9 Å². The summed E-state index contributed by atoms with van der Waals surface area (Å²) in [5.41, 5.74) is 1.02. The lowest BCUT2D eigenvalue weighted by molar-refractivity contribution is -0.122. The molecule has 0 saturated carbocycles. The summed E-state index contributed by atoms with van der Waals surface area (Å²) in [4.78, 5) is 12.1. The van der Waals surface area contributed by atoms with Crippen LogP contribution in [0.3, 0.4) is 0 Å². The van der Waals surface area contributed by atoms with Crippen molar-refractivity contribution in [1.29, 1.82) is 0 Å². The van der Waals surface area contributed by atoms with E-state index in [1.54, 1.807) is 13.0 Å². The number of carbonyl (C=O) groups is 1. The van der Waals surface area contributed by atoms with Crippen LogP contribution < -0.4 is 14.8 Å². The number of nitrogens with zero attached hydrogens (tertiary/aromatic N) is 2. The molecule has 0 radical (unpaired) electrons. The second-order valence-corrected chi connectivity index (χ2v) is 5.59. The third-order valence-electron chi connectivity index (χ3n) is 3.61. The van der Waals surface area contributed by atoms with Gasteiger partial charge in [-0.05, 0) is 44.5 Å². The number of carbonyl (C=O) groups excluding carboxylic acids is 1. The molecule has 142 valence electrons. The van der Waals surface area contributed by atoms with Crippen molar-refractivity contribution in [2.24, 2.45) is 0 Å². The van der Waals surface area contributed by atoms with Gasteiger partial charge in [-0.15, -0.1) is 0 Å². The molecular weight excluding hydrogens is 344 g/mol. The van der Waals surface area contributed by atoms with E-state index in [9.17, 15) is 13.6 Å². The summed E-state index contributed by atoms with van der Waals surface area (Å²) >= 11 is 0. The number of aryl methyl sites for hydroxylation is 1. The van der Waals surface area contributed by atoms with Crippen LogP contribution in [0, 0.1) is 6.92 Å². The van der Waals surface area contributed by atoms with Gasteiger partial charge >= 0.3 is 0 Å². The van der Waals surface area contributed by atoms with Crippen LogP contribution in [0.1, 0.15) is 37.2 Å². The first-order chi connectivity index (χ1) is 12.4. The Kier molecular flexibility index (Phi) is 6.94.